The van der Waals surface area contributed by atoms with Gasteiger partial charge in [-0.05, 0) is 28.2 Å². The highest BCUT2D eigenvalue weighted by Crippen LogP contribution is 2.44. The normalized spacial score (nSPS) is 13.8. The molecule has 0 aliphatic heterocycles. The topological polar surface area (TPSA) is 75.6 Å². The molecule has 0 heterocycles. The maximum absolute atomic E-state index is 12.0. The maximum Gasteiger partial charge on any atom is 0.407 e. The average Bonchev–Trinajstić information content (AvgIpc) is 2.93. The summed E-state index contributed by atoms with van der Waals surface area (Å²) in [6.45, 7) is 3.92. The van der Waals surface area contributed by atoms with Crippen molar-refractivity contribution in [2.24, 2.45) is 11.8 Å². The summed E-state index contributed by atoms with van der Waals surface area (Å²) in [5.74, 6) is -1.62. The smallest absolute Gasteiger partial charge is 0.407 e. The van der Waals surface area contributed by atoms with Crippen LogP contribution in [0, 0.1) is 11.8 Å². The predicted molar refractivity (Wildman–Crippen MR) is 99.0 cm³/mol. The van der Waals surface area contributed by atoms with Crippen molar-refractivity contribution in [3.05, 3.63) is 59.7 Å². The Morgan fingerprint density at radius 2 is 1.58 bits per heavy atom. The van der Waals surface area contributed by atoms with Gasteiger partial charge in [0.25, 0.3) is 0 Å². The van der Waals surface area contributed by atoms with Crippen molar-refractivity contribution in [2.75, 3.05) is 13.2 Å². The van der Waals surface area contributed by atoms with Crippen LogP contribution in [0.5, 0.6) is 0 Å². The highest BCUT2D eigenvalue weighted by molar-refractivity contribution is 5.79. The first-order valence-electron chi connectivity index (χ1n) is 8.80. The van der Waals surface area contributed by atoms with Gasteiger partial charge in [-0.2, -0.15) is 0 Å². The van der Waals surface area contributed by atoms with Crippen molar-refractivity contribution < 1.29 is 19.4 Å². The van der Waals surface area contributed by atoms with Gasteiger partial charge in [0.15, 0.2) is 0 Å². The van der Waals surface area contributed by atoms with Crippen molar-refractivity contribution in [3.63, 3.8) is 0 Å². The third kappa shape index (κ3) is 3.57. The minimum absolute atomic E-state index is 0.00600. The molecule has 2 N–H and O–H groups in total. The molecule has 136 valence electrons. The van der Waals surface area contributed by atoms with E-state index < -0.39 is 18.0 Å². The van der Waals surface area contributed by atoms with E-state index in [9.17, 15) is 14.7 Å². The molecule has 0 radical (unpaired) electrons. The van der Waals surface area contributed by atoms with Gasteiger partial charge in [0.1, 0.15) is 6.61 Å². The molecule has 1 amide bonds. The van der Waals surface area contributed by atoms with Gasteiger partial charge in [-0.1, -0.05) is 62.4 Å². The fourth-order valence-electron chi connectivity index (χ4n) is 3.45. The lowest BCUT2D eigenvalue weighted by Gasteiger charge is -2.18. The number of rotatable bonds is 6. The average molecular weight is 353 g/mol. The summed E-state index contributed by atoms with van der Waals surface area (Å²) in [4.78, 5) is 23.3. The number of aliphatic carboxylic acids is 1. The van der Waals surface area contributed by atoms with Gasteiger partial charge in [0.05, 0.1) is 5.92 Å². The number of carboxylic acids is 1. The van der Waals surface area contributed by atoms with Crippen LogP contribution in [0.2, 0.25) is 0 Å². The van der Waals surface area contributed by atoms with Crippen molar-refractivity contribution in [1.82, 2.24) is 5.32 Å². The number of carboxylic acid groups (broad SMARTS) is 1. The molecule has 0 aromatic heterocycles. The number of amides is 1. The zero-order valence-corrected chi connectivity index (χ0v) is 14.9. The first-order valence-corrected chi connectivity index (χ1v) is 8.80. The first-order chi connectivity index (χ1) is 12.5. The van der Waals surface area contributed by atoms with Gasteiger partial charge >= 0.3 is 12.1 Å². The molecular weight excluding hydrogens is 330 g/mol. The van der Waals surface area contributed by atoms with Crippen molar-refractivity contribution >= 4 is 12.1 Å². The van der Waals surface area contributed by atoms with Crippen LogP contribution < -0.4 is 5.32 Å². The summed E-state index contributed by atoms with van der Waals surface area (Å²) in [5, 5.41) is 11.8. The Labute approximate surface area is 153 Å². The lowest BCUT2D eigenvalue weighted by molar-refractivity contribution is -0.142. The largest absolute Gasteiger partial charge is 0.481 e. The molecular formula is C21H23NO4. The van der Waals surface area contributed by atoms with Crippen LogP contribution in [0.3, 0.4) is 0 Å². The second-order valence-corrected chi connectivity index (χ2v) is 6.90. The summed E-state index contributed by atoms with van der Waals surface area (Å²) < 4.78 is 5.41. The first kappa shape index (κ1) is 18.0. The van der Waals surface area contributed by atoms with Crippen molar-refractivity contribution in [1.29, 1.82) is 0 Å². The molecule has 0 saturated heterocycles. The highest BCUT2D eigenvalue weighted by Gasteiger charge is 2.29. The molecule has 3 rings (SSSR count). The number of ether oxygens (including phenoxy) is 1. The van der Waals surface area contributed by atoms with Crippen LogP contribution in [0.4, 0.5) is 4.79 Å². The van der Waals surface area contributed by atoms with E-state index in [4.69, 9.17) is 4.74 Å². The van der Waals surface area contributed by atoms with E-state index in [1.54, 1.807) is 0 Å². The monoisotopic (exact) mass is 353 g/mol. The number of carbonyl (C=O) groups excluding carboxylic acids is 1. The molecule has 1 aliphatic rings. The van der Waals surface area contributed by atoms with Crippen molar-refractivity contribution in [3.8, 4) is 11.1 Å². The second kappa shape index (κ2) is 7.60. The van der Waals surface area contributed by atoms with Crippen LogP contribution in [-0.4, -0.2) is 30.3 Å². The Morgan fingerprint density at radius 1 is 1.04 bits per heavy atom. The summed E-state index contributed by atoms with van der Waals surface area (Å²) in [6, 6.07) is 16.2. The molecule has 0 spiro atoms. The molecule has 5 nitrogen and oxygen atoms in total. The van der Waals surface area contributed by atoms with Gasteiger partial charge in [-0.15, -0.1) is 0 Å². The SMILES string of the molecule is CC(C)C(CNC(=O)OCC1c2ccccc2-c2ccccc21)C(=O)O. The molecule has 0 fully saturated rings. The van der Waals surface area contributed by atoms with Crippen LogP contribution in [0.1, 0.15) is 30.9 Å². The molecule has 2 aromatic carbocycles. The van der Waals surface area contributed by atoms with Gasteiger partial charge in [-0.25, -0.2) is 4.79 Å². The van der Waals surface area contributed by atoms with E-state index in [0.717, 1.165) is 11.1 Å². The van der Waals surface area contributed by atoms with Gasteiger partial charge in [0.2, 0.25) is 0 Å². The molecule has 1 aliphatic carbocycles. The Kier molecular flexibility index (Phi) is 5.26. The number of fused-ring (bicyclic) bond motifs is 3. The lowest BCUT2D eigenvalue weighted by Crippen LogP contribution is -2.36. The van der Waals surface area contributed by atoms with E-state index >= 15 is 0 Å². The fourth-order valence-corrected chi connectivity index (χ4v) is 3.45. The van der Waals surface area contributed by atoms with Crippen LogP contribution in [0.15, 0.2) is 48.5 Å². The van der Waals surface area contributed by atoms with Crippen molar-refractivity contribution in [2.45, 2.75) is 19.8 Å². The van der Waals surface area contributed by atoms with Crippen LogP contribution in [0.25, 0.3) is 11.1 Å². The van der Waals surface area contributed by atoms with E-state index in [-0.39, 0.29) is 25.0 Å². The quantitative estimate of drug-likeness (QED) is 0.826. The minimum atomic E-state index is -0.918. The van der Waals surface area contributed by atoms with E-state index in [2.05, 4.69) is 29.6 Å². The maximum atomic E-state index is 12.0. The molecule has 26 heavy (non-hydrogen) atoms. The van der Waals surface area contributed by atoms with Crippen LogP contribution in [-0.2, 0) is 9.53 Å². The molecule has 1 atom stereocenters. The lowest BCUT2D eigenvalue weighted by atomic mass is 9.96. The Balaban J connectivity index is 1.65. The summed E-state index contributed by atoms with van der Waals surface area (Å²) in [7, 11) is 0. The zero-order chi connectivity index (χ0) is 18.7. The molecule has 0 saturated carbocycles. The predicted octanol–water partition coefficient (Wildman–Crippen LogP) is 3.88. The molecule has 1 unspecified atom stereocenters. The third-order valence-corrected chi connectivity index (χ3v) is 4.93. The number of carbonyl (C=O) groups is 2. The number of nitrogens with one attached hydrogen (secondary N) is 1. The third-order valence-electron chi connectivity index (χ3n) is 4.93. The molecule has 2 aromatic rings. The van der Waals surface area contributed by atoms with E-state index in [1.165, 1.54) is 11.1 Å². The van der Waals surface area contributed by atoms with Crippen LogP contribution >= 0.6 is 0 Å². The highest BCUT2D eigenvalue weighted by atomic mass is 16.5. The Hall–Kier alpha value is -2.82. The summed E-state index contributed by atoms with van der Waals surface area (Å²) in [5.41, 5.74) is 4.63. The molecule has 0 bridgehead atoms. The zero-order valence-electron chi connectivity index (χ0n) is 14.9. The Bertz CT molecular complexity index is 770. The number of alkyl carbamates (subject to hydrolysis) is 1. The Morgan fingerprint density at radius 3 is 2.08 bits per heavy atom. The second-order valence-electron chi connectivity index (χ2n) is 6.90. The number of hydrogen-bond acceptors (Lipinski definition) is 3. The summed E-state index contributed by atoms with van der Waals surface area (Å²) >= 11 is 0. The van der Waals surface area contributed by atoms with Gasteiger partial charge < -0.3 is 15.2 Å². The fraction of sp³-hybridized carbons (Fsp3) is 0.333. The van der Waals surface area contributed by atoms with E-state index in [1.807, 2.05) is 38.1 Å². The van der Waals surface area contributed by atoms with Gasteiger partial charge in [0, 0.05) is 12.5 Å². The number of hydrogen-bond donors (Lipinski definition) is 2. The molecule has 5 heteroatoms. The van der Waals surface area contributed by atoms with E-state index in [0.29, 0.717) is 0 Å². The summed E-state index contributed by atoms with van der Waals surface area (Å²) in [6.07, 6.45) is -0.584. The minimum Gasteiger partial charge on any atom is -0.481 e. The standard InChI is InChI=1S/C21H23NO4/c1-13(2)18(20(23)24)11-22-21(25)26-12-19-16-9-5-3-7-14(16)15-8-4-6-10-17(15)19/h3-10,13,18-19H,11-12H2,1-2H3,(H,22,25)(H,23,24). The number of benzene rings is 2. The van der Waals surface area contributed by atoms with Gasteiger partial charge in [-0.3, -0.25) is 4.79 Å².